The van der Waals surface area contributed by atoms with Crippen molar-refractivity contribution in [2.75, 3.05) is 7.11 Å². The molecule has 0 aliphatic heterocycles. The van der Waals surface area contributed by atoms with Crippen LogP contribution in [0.4, 0.5) is 0 Å². The van der Waals surface area contributed by atoms with Crippen LogP contribution >= 0.6 is 23.8 Å². The Hall–Kier alpha value is -2.31. The minimum absolute atomic E-state index is 0.112. The third-order valence-electron chi connectivity index (χ3n) is 3.22. The topological polar surface area (TPSA) is 68.9 Å². The summed E-state index contributed by atoms with van der Waals surface area (Å²) in [6.45, 7) is 2.29. The Labute approximate surface area is 151 Å². The van der Waals surface area contributed by atoms with Crippen molar-refractivity contribution < 1.29 is 9.47 Å². The van der Waals surface area contributed by atoms with E-state index in [1.54, 1.807) is 13.3 Å². The number of benzene rings is 2. The van der Waals surface area contributed by atoms with Crippen LogP contribution in [0.15, 0.2) is 41.5 Å². The van der Waals surface area contributed by atoms with Crippen molar-refractivity contribution in [3.63, 3.8) is 0 Å². The number of hydrazone groups is 1. The fourth-order valence-electron chi connectivity index (χ4n) is 2.03. The zero-order chi connectivity index (χ0) is 17.5. The van der Waals surface area contributed by atoms with E-state index < -0.39 is 0 Å². The van der Waals surface area contributed by atoms with Gasteiger partial charge in [-0.1, -0.05) is 11.6 Å². The Bertz CT molecular complexity index is 765. The molecular weight excluding hydrogens is 346 g/mol. The normalized spacial score (nSPS) is 10.6. The van der Waals surface area contributed by atoms with Gasteiger partial charge < -0.3 is 15.2 Å². The summed E-state index contributed by atoms with van der Waals surface area (Å²) in [6, 6.07) is 11.2. The second-order valence-electron chi connectivity index (χ2n) is 5.01. The van der Waals surface area contributed by atoms with Gasteiger partial charge in [-0.15, -0.1) is 0 Å². The van der Waals surface area contributed by atoms with E-state index in [9.17, 15) is 0 Å². The molecule has 0 amide bonds. The van der Waals surface area contributed by atoms with Gasteiger partial charge in [0.1, 0.15) is 18.1 Å². The zero-order valence-electron chi connectivity index (χ0n) is 13.4. The highest BCUT2D eigenvalue weighted by Gasteiger charge is 2.06. The lowest BCUT2D eigenvalue weighted by molar-refractivity contribution is 0.296. The summed E-state index contributed by atoms with van der Waals surface area (Å²) >= 11 is 10.7. The monoisotopic (exact) mass is 363 g/mol. The number of nitrogens with zero attached hydrogens (tertiary/aromatic N) is 1. The van der Waals surface area contributed by atoms with E-state index in [1.165, 1.54) is 0 Å². The van der Waals surface area contributed by atoms with Crippen molar-refractivity contribution in [3.05, 3.63) is 58.1 Å². The van der Waals surface area contributed by atoms with Crippen LogP contribution in [0.25, 0.3) is 0 Å². The molecule has 7 heteroatoms. The average molecular weight is 364 g/mol. The quantitative estimate of drug-likeness (QED) is 0.467. The van der Waals surface area contributed by atoms with Crippen molar-refractivity contribution in [1.82, 2.24) is 5.43 Å². The van der Waals surface area contributed by atoms with E-state index >= 15 is 0 Å². The molecule has 0 heterocycles. The van der Waals surface area contributed by atoms with E-state index in [2.05, 4.69) is 10.5 Å². The summed E-state index contributed by atoms with van der Waals surface area (Å²) in [4.78, 5) is 0. The first-order valence-corrected chi connectivity index (χ1v) is 7.92. The number of nitrogens with two attached hydrogens (primary N) is 1. The van der Waals surface area contributed by atoms with Gasteiger partial charge in [0.2, 0.25) is 0 Å². The third kappa shape index (κ3) is 5.11. The van der Waals surface area contributed by atoms with Crippen molar-refractivity contribution in [3.8, 4) is 11.5 Å². The number of halogens is 1. The maximum Gasteiger partial charge on any atom is 0.184 e. The predicted octanol–water partition coefficient (Wildman–Crippen LogP) is 3.40. The molecule has 0 fully saturated rings. The lowest BCUT2D eigenvalue weighted by Crippen LogP contribution is -2.24. The predicted molar refractivity (Wildman–Crippen MR) is 101 cm³/mol. The maximum absolute atomic E-state index is 6.02. The van der Waals surface area contributed by atoms with Gasteiger partial charge >= 0.3 is 0 Å². The number of aryl methyl sites for hydroxylation is 1. The van der Waals surface area contributed by atoms with Gasteiger partial charge in [-0.05, 0) is 66.7 Å². The van der Waals surface area contributed by atoms with Crippen LogP contribution in [-0.2, 0) is 6.61 Å². The van der Waals surface area contributed by atoms with Gasteiger partial charge in [0.25, 0.3) is 0 Å². The van der Waals surface area contributed by atoms with Crippen LogP contribution in [0, 0.1) is 6.92 Å². The van der Waals surface area contributed by atoms with Crippen LogP contribution in [-0.4, -0.2) is 18.4 Å². The molecule has 5 nitrogen and oxygen atoms in total. The number of nitrogens with one attached hydrogen (secondary N) is 1. The van der Waals surface area contributed by atoms with Gasteiger partial charge in [-0.3, -0.25) is 5.43 Å². The van der Waals surface area contributed by atoms with Gasteiger partial charge in [-0.2, -0.15) is 5.10 Å². The maximum atomic E-state index is 6.02. The number of hydrogen-bond donors (Lipinski definition) is 2. The lowest BCUT2D eigenvalue weighted by atomic mass is 10.1. The standard InChI is InChI=1S/C17H18ClN3O2S/c1-11-7-14(4-5-15(11)18)23-10-13-8-12(3-6-16(13)22-2)9-20-21-17(19)24/h3-9H,10H2,1-2H3,(H3,19,21,24). The summed E-state index contributed by atoms with van der Waals surface area (Å²) in [5.41, 5.74) is 10.6. The van der Waals surface area contributed by atoms with Crippen LogP contribution in [0.2, 0.25) is 5.02 Å². The Morgan fingerprint density at radius 3 is 2.79 bits per heavy atom. The number of methoxy groups -OCH3 is 1. The Balaban J connectivity index is 2.13. The van der Waals surface area contributed by atoms with Crippen LogP contribution in [0.1, 0.15) is 16.7 Å². The summed E-state index contributed by atoms with van der Waals surface area (Å²) in [7, 11) is 1.62. The molecule has 0 radical (unpaired) electrons. The van der Waals surface area contributed by atoms with Gasteiger partial charge in [0.05, 0.1) is 13.3 Å². The van der Waals surface area contributed by atoms with Crippen LogP contribution < -0.4 is 20.6 Å². The first-order chi connectivity index (χ1) is 11.5. The van der Waals surface area contributed by atoms with Crippen LogP contribution in [0.3, 0.4) is 0 Å². The smallest absolute Gasteiger partial charge is 0.184 e. The molecule has 24 heavy (non-hydrogen) atoms. The highest BCUT2D eigenvalue weighted by atomic mass is 35.5. The second kappa shape index (κ2) is 8.52. The van der Waals surface area contributed by atoms with E-state index in [4.69, 9.17) is 39.0 Å². The largest absolute Gasteiger partial charge is 0.496 e. The fourth-order valence-corrected chi connectivity index (χ4v) is 2.20. The summed E-state index contributed by atoms with van der Waals surface area (Å²) in [6.07, 6.45) is 1.62. The number of hydrogen-bond acceptors (Lipinski definition) is 4. The first-order valence-electron chi connectivity index (χ1n) is 7.14. The third-order valence-corrected chi connectivity index (χ3v) is 3.73. The molecule has 0 saturated carbocycles. The van der Waals surface area contributed by atoms with Crippen LogP contribution in [0.5, 0.6) is 11.5 Å². The molecule has 0 aliphatic carbocycles. The lowest BCUT2D eigenvalue weighted by Gasteiger charge is -2.12. The minimum Gasteiger partial charge on any atom is -0.496 e. The molecule has 126 valence electrons. The SMILES string of the molecule is COc1ccc(C=NNC(N)=S)cc1COc1ccc(Cl)c(C)c1. The molecule has 2 aromatic rings. The molecule has 2 rings (SSSR count). The summed E-state index contributed by atoms with van der Waals surface area (Å²) in [5, 5.41) is 4.76. The Morgan fingerprint density at radius 2 is 2.12 bits per heavy atom. The Kier molecular flexibility index (Phi) is 6.40. The molecule has 0 atom stereocenters. The van der Waals surface area contributed by atoms with Gasteiger partial charge in [-0.25, -0.2) is 0 Å². The second-order valence-corrected chi connectivity index (χ2v) is 5.85. The zero-order valence-corrected chi connectivity index (χ0v) is 14.9. The summed E-state index contributed by atoms with van der Waals surface area (Å²) in [5.74, 6) is 1.48. The highest BCUT2D eigenvalue weighted by molar-refractivity contribution is 7.80. The average Bonchev–Trinajstić information content (AvgIpc) is 2.56. The van der Waals surface area contributed by atoms with Crippen molar-refractivity contribution in [2.24, 2.45) is 10.8 Å². The molecule has 0 aliphatic rings. The number of rotatable bonds is 6. The molecule has 0 aromatic heterocycles. The number of thiocarbonyl (C=S) groups is 1. The van der Waals surface area contributed by atoms with E-state index in [1.807, 2.05) is 43.3 Å². The fraction of sp³-hybridized carbons (Fsp3) is 0.176. The van der Waals surface area contributed by atoms with Crippen molar-refractivity contribution in [2.45, 2.75) is 13.5 Å². The first kappa shape index (κ1) is 18.0. The van der Waals surface area contributed by atoms with E-state index in [-0.39, 0.29) is 5.11 Å². The van der Waals surface area contributed by atoms with Crippen molar-refractivity contribution in [1.29, 1.82) is 0 Å². The molecule has 0 unspecified atom stereocenters. The highest BCUT2D eigenvalue weighted by Crippen LogP contribution is 2.24. The molecule has 0 bridgehead atoms. The van der Waals surface area contributed by atoms with Gasteiger partial charge in [0, 0.05) is 10.6 Å². The Morgan fingerprint density at radius 1 is 1.33 bits per heavy atom. The molecule has 2 aromatic carbocycles. The van der Waals surface area contributed by atoms with E-state index in [0.29, 0.717) is 11.6 Å². The molecule has 0 saturated heterocycles. The molecule has 0 spiro atoms. The molecule has 3 N–H and O–H groups in total. The molecular formula is C17H18ClN3O2S. The minimum atomic E-state index is 0.112. The van der Waals surface area contributed by atoms with Crippen molar-refractivity contribution >= 4 is 35.1 Å². The van der Waals surface area contributed by atoms with Gasteiger partial charge in [0.15, 0.2) is 5.11 Å². The number of ether oxygens (including phenoxy) is 2. The summed E-state index contributed by atoms with van der Waals surface area (Å²) < 4.78 is 11.2. The van der Waals surface area contributed by atoms with E-state index in [0.717, 1.165) is 28.2 Å².